The van der Waals surface area contributed by atoms with Crippen molar-refractivity contribution in [1.82, 2.24) is 0 Å². The van der Waals surface area contributed by atoms with Gasteiger partial charge in [-0.1, -0.05) is 91.0 Å². The number of hydrogen-bond acceptors (Lipinski definition) is 2. The lowest BCUT2D eigenvalue weighted by Crippen LogP contribution is -2.24. The van der Waals surface area contributed by atoms with E-state index in [1.165, 1.54) is 0 Å². The molecule has 0 radical (unpaired) electrons. The van der Waals surface area contributed by atoms with Gasteiger partial charge in [0.1, 0.15) is 0 Å². The van der Waals surface area contributed by atoms with Gasteiger partial charge >= 0.3 is 7.82 Å². The average molecular weight is 376 g/mol. The fourth-order valence-corrected chi connectivity index (χ4v) is 5.03. The predicted octanol–water partition coefficient (Wildman–Crippen LogP) is 2.40. The Balaban J connectivity index is 0.000000399. The molecule has 3 N–H and O–H groups in total. The summed E-state index contributed by atoms with van der Waals surface area (Å²) in [7, 11) is -7.42. The fraction of sp³-hybridized carbons (Fsp3) is 0. The molecule has 0 heterocycles. The van der Waals surface area contributed by atoms with Gasteiger partial charge in [-0.3, -0.25) is 0 Å². The molecular formula is C18H18O5P2. The maximum absolute atomic E-state index is 13.8. The van der Waals surface area contributed by atoms with Crippen LogP contribution in [0.1, 0.15) is 0 Å². The number of hydrogen-bond donors (Lipinski definition) is 3. The summed E-state index contributed by atoms with van der Waals surface area (Å²) in [6.45, 7) is 0. The molecule has 130 valence electrons. The molecular weight excluding hydrogens is 358 g/mol. The van der Waals surface area contributed by atoms with Crippen LogP contribution in [-0.4, -0.2) is 14.7 Å². The summed E-state index contributed by atoms with van der Waals surface area (Å²) in [5, 5.41) is 2.62. The molecule has 25 heavy (non-hydrogen) atoms. The molecule has 3 aromatic carbocycles. The van der Waals surface area contributed by atoms with E-state index in [9.17, 15) is 4.57 Å². The molecule has 0 spiro atoms. The third-order valence-electron chi connectivity index (χ3n) is 3.36. The zero-order valence-corrected chi connectivity index (χ0v) is 15.0. The van der Waals surface area contributed by atoms with E-state index in [1.807, 2.05) is 91.0 Å². The van der Waals surface area contributed by atoms with E-state index in [0.717, 1.165) is 15.9 Å². The van der Waals surface area contributed by atoms with Crippen LogP contribution in [0.25, 0.3) is 0 Å². The Labute approximate surface area is 146 Å². The van der Waals surface area contributed by atoms with Crippen LogP contribution >= 0.6 is 15.0 Å². The van der Waals surface area contributed by atoms with Crippen LogP contribution in [0.3, 0.4) is 0 Å². The Morgan fingerprint density at radius 3 is 0.880 bits per heavy atom. The summed E-state index contributed by atoms with van der Waals surface area (Å²) < 4.78 is 22.7. The topological polar surface area (TPSA) is 94.8 Å². The summed E-state index contributed by atoms with van der Waals surface area (Å²) in [6.07, 6.45) is 0. The van der Waals surface area contributed by atoms with Gasteiger partial charge in [0.2, 0.25) is 0 Å². The van der Waals surface area contributed by atoms with Gasteiger partial charge in [0.25, 0.3) is 0 Å². The number of rotatable bonds is 3. The van der Waals surface area contributed by atoms with Crippen molar-refractivity contribution < 1.29 is 23.8 Å². The van der Waals surface area contributed by atoms with E-state index in [2.05, 4.69) is 0 Å². The Hall–Kier alpha value is -2.00. The lowest BCUT2D eigenvalue weighted by molar-refractivity contribution is 0.275. The van der Waals surface area contributed by atoms with Crippen molar-refractivity contribution in [2.24, 2.45) is 0 Å². The monoisotopic (exact) mass is 376 g/mol. The molecule has 3 aromatic rings. The van der Waals surface area contributed by atoms with Crippen molar-refractivity contribution in [3.63, 3.8) is 0 Å². The van der Waals surface area contributed by atoms with E-state index in [4.69, 9.17) is 19.2 Å². The lowest BCUT2D eigenvalue weighted by Gasteiger charge is -2.19. The molecule has 0 fully saturated rings. The van der Waals surface area contributed by atoms with Crippen molar-refractivity contribution >= 4 is 30.9 Å². The SMILES string of the molecule is O=P(O)(O)O.O=P(c1ccccc1)(c1ccccc1)c1ccccc1. The van der Waals surface area contributed by atoms with Gasteiger partial charge in [-0.05, 0) is 0 Å². The van der Waals surface area contributed by atoms with Crippen LogP contribution in [-0.2, 0) is 9.13 Å². The highest BCUT2D eigenvalue weighted by Crippen LogP contribution is 2.41. The summed E-state index contributed by atoms with van der Waals surface area (Å²) in [6, 6.07) is 29.1. The standard InChI is InChI=1S/C18H15OP.H3O4P/c19-20(16-10-4-1-5-11-16,17-12-6-2-7-13-17)18-14-8-3-9-15-18;1-5(2,3)4/h1-15H;(H3,1,2,3,4). The molecule has 0 saturated heterocycles. The number of phosphoric acid groups is 1. The van der Waals surface area contributed by atoms with E-state index in [0.29, 0.717) is 0 Å². The van der Waals surface area contributed by atoms with Crippen LogP contribution in [0.15, 0.2) is 91.0 Å². The largest absolute Gasteiger partial charge is 0.466 e. The maximum Gasteiger partial charge on any atom is 0.466 e. The molecule has 7 heteroatoms. The summed E-state index contributed by atoms with van der Waals surface area (Å²) >= 11 is 0. The van der Waals surface area contributed by atoms with Crippen molar-refractivity contribution in [3.05, 3.63) is 91.0 Å². The van der Waals surface area contributed by atoms with E-state index in [-0.39, 0.29) is 0 Å². The smallest absolute Gasteiger partial charge is 0.309 e. The quantitative estimate of drug-likeness (QED) is 0.611. The van der Waals surface area contributed by atoms with E-state index in [1.54, 1.807) is 0 Å². The van der Waals surface area contributed by atoms with Gasteiger partial charge < -0.3 is 19.2 Å². The zero-order valence-electron chi connectivity index (χ0n) is 13.2. The van der Waals surface area contributed by atoms with Gasteiger partial charge in [-0.25, -0.2) is 4.57 Å². The third-order valence-corrected chi connectivity index (χ3v) is 6.44. The summed E-state index contributed by atoms with van der Waals surface area (Å²) in [5.74, 6) is 0. The molecule has 0 aliphatic rings. The highest BCUT2D eigenvalue weighted by atomic mass is 31.2. The maximum atomic E-state index is 13.8. The van der Waals surface area contributed by atoms with Gasteiger partial charge in [-0.15, -0.1) is 0 Å². The van der Waals surface area contributed by atoms with Gasteiger partial charge in [0, 0.05) is 15.9 Å². The predicted molar refractivity (Wildman–Crippen MR) is 100 cm³/mol. The van der Waals surface area contributed by atoms with Gasteiger partial charge in [0.15, 0.2) is 7.14 Å². The summed E-state index contributed by atoms with van der Waals surface area (Å²) in [4.78, 5) is 21.6. The number of benzene rings is 3. The first kappa shape index (κ1) is 19.3. The molecule has 0 aliphatic carbocycles. The Morgan fingerprint density at radius 1 is 0.480 bits per heavy atom. The minimum Gasteiger partial charge on any atom is -0.309 e. The van der Waals surface area contributed by atoms with Crippen LogP contribution in [0.4, 0.5) is 0 Å². The Kier molecular flexibility index (Phi) is 6.49. The highest BCUT2D eigenvalue weighted by molar-refractivity contribution is 7.85. The molecule has 0 saturated carbocycles. The second-order valence-electron chi connectivity index (χ2n) is 5.13. The molecule has 0 atom stereocenters. The minimum atomic E-state index is -4.64. The van der Waals surface area contributed by atoms with Crippen LogP contribution in [0, 0.1) is 0 Å². The highest BCUT2D eigenvalue weighted by Gasteiger charge is 2.28. The molecule has 0 amide bonds. The molecule has 0 unspecified atom stereocenters. The molecule has 0 aromatic heterocycles. The normalized spacial score (nSPS) is 11.3. The van der Waals surface area contributed by atoms with E-state index < -0.39 is 15.0 Å². The third kappa shape index (κ3) is 5.50. The first-order chi connectivity index (χ1) is 11.8. The second-order valence-corrected chi connectivity index (χ2v) is 8.92. The Bertz CT molecular complexity index is 765. The zero-order chi connectivity index (χ0) is 18.3. The molecule has 0 aliphatic heterocycles. The van der Waals surface area contributed by atoms with Crippen LogP contribution in [0.5, 0.6) is 0 Å². The second kappa shape index (κ2) is 8.39. The van der Waals surface area contributed by atoms with Crippen LogP contribution in [0.2, 0.25) is 0 Å². The molecule has 3 rings (SSSR count). The van der Waals surface area contributed by atoms with Gasteiger partial charge in [-0.2, -0.15) is 0 Å². The van der Waals surface area contributed by atoms with Crippen molar-refractivity contribution in [1.29, 1.82) is 0 Å². The van der Waals surface area contributed by atoms with Crippen molar-refractivity contribution in [3.8, 4) is 0 Å². The first-order valence-electron chi connectivity index (χ1n) is 7.37. The van der Waals surface area contributed by atoms with Gasteiger partial charge in [0.05, 0.1) is 0 Å². The van der Waals surface area contributed by atoms with Crippen LogP contribution < -0.4 is 15.9 Å². The van der Waals surface area contributed by atoms with Crippen molar-refractivity contribution in [2.45, 2.75) is 0 Å². The minimum absolute atomic E-state index is 0.873. The molecule has 5 nitrogen and oxygen atoms in total. The Morgan fingerprint density at radius 2 is 0.680 bits per heavy atom. The molecule has 0 bridgehead atoms. The average Bonchev–Trinajstić information content (AvgIpc) is 2.62. The first-order valence-corrected chi connectivity index (χ1v) is 10.6. The van der Waals surface area contributed by atoms with E-state index >= 15 is 0 Å². The fourth-order valence-electron chi connectivity index (χ4n) is 2.36. The summed E-state index contributed by atoms with van der Waals surface area (Å²) in [5.41, 5.74) is 0. The van der Waals surface area contributed by atoms with Crippen molar-refractivity contribution in [2.75, 3.05) is 0 Å². The lowest BCUT2D eigenvalue weighted by atomic mass is 10.4.